The number of nitrogen functional groups attached to an aromatic ring is 1. The second kappa shape index (κ2) is 11.9. The average Bonchev–Trinajstić information content (AvgIpc) is 3.20. The van der Waals surface area contributed by atoms with Crippen molar-refractivity contribution in [3.05, 3.63) is 44.7 Å². The highest BCUT2D eigenvalue weighted by molar-refractivity contribution is 8.06. The van der Waals surface area contributed by atoms with E-state index >= 15 is 0 Å². The minimum atomic E-state index is -1.25. The Morgan fingerprint density at radius 1 is 1.41 bits per heavy atom. The first-order chi connectivity index (χ1) is 17.8. The summed E-state index contributed by atoms with van der Waals surface area (Å²) < 4.78 is 0.0445. The number of hydrogen-bond acceptors (Lipinski definition) is 13. The van der Waals surface area contributed by atoms with Crippen LogP contribution in [-0.2, 0) is 20.1 Å². The van der Waals surface area contributed by atoms with Crippen molar-refractivity contribution in [3.63, 3.8) is 0 Å². The van der Waals surface area contributed by atoms with Gasteiger partial charge in [-0.05, 0) is 12.1 Å². The number of rotatable bonds is 10. The van der Waals surface area contributed by atoms with E-state index in [9.17, 15) is 24.7 Å². The van der Waals surface area contributed by atoms with Crippen molar-refractivity contribution in [3.8, 4) is 0 Å². The van der Waals surface area contributed by atoms with Gasteiger partial charge >= 0.3 is 5.97 Å². The highest BCUT2D eigenvalue weighted by Gasteiger charge is 2.54. The third-order valence-corrected chi connectivity index (χ3v) is 9.87. The molecule has 1 fully saturated rings. The van der Waals surface area contributed by atoms with Gasteiger partial charge in [-0.3, -0.25) is 19.5 Å². The van der Waals surface area contributed by atoms with Gasteiger partial charge in [0.15, 0.2) is 10.8 Å². The zero-order chi connectivity index (χ0) is 26.7. The van der Waals surface area contributed by atoms with Crippen LogP contribution in [0.25, 0.3) is 0 Å². The fourth-order valence-corrected chi connectivity index (χ4v) is 7.88. The first kappa shape index (κ1) is 27.5. The highest BCUT2D eigenvalue weighted by atomic mass is 35.5. The Hall–Kier alpha value is -2.50. The summed E-state index contributed by atoms with van der Waals surface area (Å²) in [6, 6.07) is 2.58. The molecule has 0 bridgehead atoms. The smallest absolute Gasteiger partial charge is 0.353 e. The molecule has 4 rings (SSSR count). The topological polar surface area (TPSA) is 197 Å². The molecule has 2 amide bonds. The molecule has 12 nitrogen and oxygen atoms in total. The van der Waals surface area contributed by atoms with E-state index in [-0.39, 0.29) is 20.9 Å². The van der Waals surface area contributed by atoms with E-state index in [4.69, 9.17) is 23.1 Å². The summed E-state index contributed by atoms with van der Waals surface area (Å²) in [5.74, 6) is -1.08. The number of nitrogens with zero attached hydrogens (tertiary/aromatic N) is 4. The molecule has 1 saturated heterocycles. The lowest BCUT2D eigenvalue weighted by molar-refractivity contribution is -0.150. The van der Waals surface area contributed by atoms with Gasteiger partial charge in [0, 0.05) is 39.8 Å². The van der Waals surface area contributed by atoms with Crippen molar-refractivity contribution < 1.29 is 24.7 Å². The van der Waals surface area contributed by atoms with Gasteiger partial charge in [0.05, 0.1) is 5.69 Å². The summed E-state index contributed by atoms with van der Waals surface area (Å²) in [4.78, 5) is 48.7. The second-order valence-corrected chi connectivity index (χ2v) is 12.4. The molecule has 0 aromatic carbocycles. The molecule has 2 aliphatic rings. The van der Waals surface area contributed by atoms with Crippen LogP contribution in [0.4, 0.5) is 5.13 Å². The number of thiazole rings is 1. The number of nitrogens with one attached hydrogen (secondary N) is 1. The summed E-state index contributed by atoms with van der Waals surface area (Å²) >= 11 is 11.1. The molecule has 2 atom stereocenters. The Labute approximate surface area is 232 Å². The van der Waals surface area contributed by atoms with Gasteiger partial charge in [0.1, 0.15) is 27.1 Å². The molecule has 0 radical (unpaired) electrons. The molecule has 37 heavy (non-hydrogen) atoms. The third-order valence-electron chi connectivity index (χ3n) is 5.15. The molecule has 2 aromatic rings. The first-order valence-electron chi connectivity index (χ1n) is 10.5. The van der Waals surface area contributed by atoms with Crippen LogP contribution in [0.15, 0.2) is 39.0 Å². The van der Waals surface area contributed by atoms with Crippen molar-refractivity contribution in [1.29, 1.82) is 0 Å². The monoisotopic (exact) mass is 601 g/mol. The molecule has 2 aromatic heterocycles. The van der Waals surface area contributed by atoms with E-state index in [1.807, 2.05) is 6.07 Å². The molecule has 0 saturated carbocycles. The Balaban J connectivity index is 1.52. The third kappa shape index (κ3) is 5.68. The molecular formula is C20H20ClN7O5S4. The van der Waals surface area contributed by atoms with E-state index in [1.165, 1.54) is 23.5 Å². The summed E-state index contributed by atoms with van der Waals surface area (Å²) in [6.45, 7) is 0.539. The van der Waals surface area contributed by atoms with E-state index < -0.39 is 34.9 Å². The number of thioether (sulfide) groups is 3. The number of oxime groups is 1. The lowest BCUT2D eigenvalue weighted by Gasteiger charge is -2.49. The number of halogens is 1. The molecule has 0 spiro atoms. The van der Waals surface area contributed by atoms with Crippen molar-refractivity contribution in [2.75, 3.05) is 23.8 Å². The first-order valence-corrected chi connectivity index (χ1v) is 14.7. The second-order valence-electron chi connectivity index (χ2n) is 7.45. The largest absolute Gasteiger partial charge is 0.477 e. The lowest BCUT2D eigenvalue weighted by atomic mass is 10.0. The normalized spacial score (nSPS) is 19.5. The fourth-order valence-electron chi connectivity index (χ4n) is 3.55. The minimum absolute atomic E-state index is 0.0445. The molecule has 2 aliphatic heterocycles. The maximum Gasteiger partial charge on any atom is 0.353 e. The predicted molar refractivity (Wildman–Crippen MR) is 145 cm³/mol. The summed E-state index contributed by atoms with van der Waals surface area (Å²) in [5.41, 5.74) is 11.2. The van der Waals surface area contributed by atoms with E-state index in [0.29, 0.717) is 23.0 Å². The Kier molecular flexibility index (Phi) is 8.86. The van der Waals surface area contributed by atoms with Crippen molar-refractivity contribution in [2.24, 2.45) is 10.9 Å². The lowest BCUT2D eigenvalue weighted by Crippen LogP contribution is -2.71. The molecule has 17 heteroatoms. The zero-order valence-corrected chi connectivity index (χ0v) is 22.8. The maximum absolute atomic E-state index is 13.0. The summed E-state index contributed by atoms with van der Waals surface area (Å²) in [7, 11) is 0. The number of carbonyl (C=O) groups is 3. The number of fused-ring (bicyclic) bond motifs is 1. The van der Waals surface area contributed by atoms with Gasteiger partial charge in [0.25, 0.3) is 11.8 Å². The number of pyridine rings is 1. The molecule has 1 unspecified atom stereocenters. The fraction of sp³-hybridized carbons (Fsp3) is 0.300. The van der Waals surface area contributed by atoms with Gasteiger partial charge in [-0.2, -0.15) is 11.8 Å². The Morgan fingerprint density at radius 3 is 2.84 bits per heavy atom. The molecule has 196 valence electrons. The van der Waals surface area contributed by atoms with E-state index in [0.717, 1.165) is 32.6 Å². The predicted octanol–water partition coefficient (Wildman–Crippen LogP) is 1.63. The number of carboxylic acids is 1. The molecule has 7 N–H and O–H groups in total. The van der Waals surface area contributed by atoms with Crippen molar-refractivity contribution >= 4 is 86.9 Å². The summed E-state index contributed by atoms with van der Waals surface area (Å²) in [5, 5.41) is 24.2. The summed E-state index contributed by atoms with van der Waals surface area (Å²) in [6.07, 6.45) is 1.67. The van der Waals surface area contributed by atoms with E-state index in [1.54, 1.807) is 24.0 Å². The van der Waals surface area contributed by atoms with Gasteiger partial charge in [-0.15, -0.1) is 11.8 Å². The van der Waals surface area contributed by atoms with Crippen LogP contribution in [0.5, 0.6) is 0 Å². The molecular weight excluding hydrogens is 582 g/mol. The number of nitrogens with two attached hydrogens (primary N) is 2. The quantitative estimate of drug-likeness (QED) is 0.0868. The van der Waals surface area contributed by atoms with Crippen molar-refractivity contribution in [1.82, 2.24) is 20.2 Å². The van der Waals surface area contributed by atoms with Crippen LogP contribution >= 0.6 is 58.2 Å². The van der Waals surface area contributed by atoms with Crippen LogP contribution in [0.1, 0.15) is 11.4 Å². The highest BCUT2D eigenvalue weighted by Crippen LogP contribution is 2.45. The molecule has 4 heterocycles. The number of carbonyl (C=O) groups excluding carboxylic acids is 2. The van der Waals surface area contributed by atoms with Crippen LogP contribution in [-0.4, -0.2) is 78.1 Å². The van der Waals surface area contributed by atoms with Crippen LogP contribution < -0.4 is 16.8 Å². The number of amides is 2. The van der Waals surface area contributed by atoms with Crippen LogP contribution in [0.3, 0.4) is 0 Å². The van der Waals surface area contributed by atoms with Gasteiger partial charge in [-0.1, -0.05) is 39.9 Å². The average molecular weight is 602 g/mol. The van der Waals surface area contributed by atoms with Gasteiger partial charge < -0.3 is 27.1 Å². The Bertz CT molecular complexity index is 1300. The zero-order valence-electron chi connectivity index (χ0n) is 18.8. The van der Waals surface area contributed by atoms with Gasteiger partial charge in [0.2, 0.25) is 0 Å². The van der Waals surface area contributed by atoms with Crippen LogP contribution in [0.2, 0.25) is 4.34 Å². The number of anilines is 1. The number of aliphatic carboxylic acids is 1. The SMILES string of the molecule is NCCSCc1ncccc1SC1=C(C(=O)O)N2C(=O)C(NC(=O)/C(=N\O)c3nc(N)sc3Cl)[C@H]2SC1. The number of hydrogen-bond donors (Lipinski definition) is 5. The van der Waals surface area contributed by atoms with Crippen molar-refractivity contribution in [2.45, 2.75) is 22.1 Å². The number of β-lactam (4-membered cyclic amide) rings is 1. The van der Waals surface area contributed by atoms with Gasteiger partial charge in [-0.25, -0.2) is 9.78 Å². The number of carboxylic acid groups (broad SMARTS) is 1. The van der Waals surface area contributed by atoms with Crippen LogP contribution in [0, 0.1) is 0 Å². The van der Waals surface area contributed by atoms with E-state index in [2.05, 4.69) is 20.4 Å². The maximum atomic E-state index is 13.0. The molecule has 0 aliphatic carbocycles. The Morgan fingerprint density at radius 2 is 2.19 bits per heavy atom. The number of aromatic nitrogens is 2. The minimum Gasteiger partial charge on any atom is -0.477 e. The standard InChI is InChI=1S/C20H20ClN7O5S4/c21-15-11(26-20(23)37-15)12(27-33)16(29)25-13-17(30)28-14(19(31)32)10(7-35-18(13)28)36-9-2-1-4-24-8(9)6-34-5-3-22/h1-2,4,13,18,33H,3,5-7,22H2,(H2,23,26)(H,25,29)(H,31,32)/b27-12-/t13?,18-/m1/s1.